The number of hydrogen-bond acceptors (Lipinski definition) is 4. The molecular weight excluding hydrogens is 218 g/mol. The summed E-state index contributed by atoms with van der Waals surface area (Å²) < 4.78 is 29.8. The lowest BCUT2D eigenvalue weighted by molar-refractivity contribution is 0.0526. The van der Waals surface area contributed by atoms with Gasteiger partial charge in [0.05, 0.1) is 6.61 Å². The van der Waals surface area contributed by atoms with Crippen LogP contribution in [0.5, 0.6) is 0 Å². The molecule has 1 heterocycles. The Balaban J connectivity index is 3.26. The van der Waals surface area contributed by atoms with Crippen LogP contribution in [0.25, 0.3) is 0 Å². The van der Waals surface area contributed by atoms with E-state index in [1.807, 2.05) is 0 Å². The van der Waals surface area contributed by atoms with Crippen molar-refractivity contribution in [2.45, 2.75) is 20.3 Å². The highest BCUT2D eigenvalue weighted by molar-refractivity contribution is 5.96. The van der Waals surface area contributed by atoms with Crippen molar-refractivity contribution in [3.05, 3.63) is 22.9 Å². The molecule has 0 aliphatic rings. The minimum Gasteiger partial charge on any atom is -0.462 e. The van der Waals surface area contributed by atoms with Gasteiger partial charge < -0.3 is 10.5 Å². The van der Waals surface area contributed by atoms with Crippen molar-refractivity contribution in [2.75, 3.05) is 12.3 Å². The fourth-order valence-corrected chi connectivity index (χ4v) is 1.32. The lowest BCUT2D eigenvalue weighted by Crippen LogP contribution is -2.13. The van der Waals surface area contributed by atoms with Crippen molar-refractivity contribution in [1.82, 2.24) is 4.98 Å². The quantitative estimate of drug-likeness (QED) is 0.807. The molecule has 1 rings (SSSR count). The van der Waals surface area contributed by atoms with Gasteiger partial charge in [-0.3, -0.25) is 0 Å². The average Bonchev–Trinajstić information content (AvgIpc) is 2.17. The maximum atomic E-state index is 12.6. The number of nitrogens with zero attached hydrogens (tertiary/aromatic N) is 1. The molecule has 88 valence electrons. The molecule has 0 bridgehead atoms. The molecule has 0 spiro atoms. The highest BCUT2D eigenvalue weighted by Gasteiger charge is 2.21. The first kappa shape index (κ1) is 12.4. The van der Waals surface area contributed by atoms with E-state index in [4.69, 9.17) is 10.5 Å². The second-order valence-corrected chi connectivity index (χ2v) is 3.12. The lowest BCUT2D eigenvalue weighted by Gasteiger charge is -2.11. The summed E-state index contributed by atoms with van der Waals surface area (Å²) in [5.41, 5.74) is 5.19. The van der Waals surface area contributed by atoms with Crippen LogP contribution in [0.2, 0.25) is 0 Å². The Morgan fingerprint density at radius 1 is 1.62 bits per heavy atom. The molecule has 1 aromatic rings. The summed E-state index contributed by atoms with van der Waals surface area (Å²) in [6.07, 6.45) is -1.72. The largest absolute Gasteiger partial charge is 0.462 e. The molecule has 2 N–H and O–H groups in total. The van der Waals surface area contributed by atoms with E-state index >= 15 is 0 Å². The molecule has 0 amide bonds. The topological polar surface area (TPSA) is 65.2 Å². The van der Waals surface area contributed by atoms with Crippen LogP contribution in [-0.4, -0.2) is 17.6 Å². The number of pyridine rings is 1. The second-order valence-electron chi connectivity index (χ2n) is 3.12. The number of carbonyl (C=O) groups excluding carboxylic acids is 1. The number of carbonyl (C=O) groups is 1. The van der Waals surface area contributed by atoms with E-state index < -0.39 is 12.4 Å². The predicted molar refractivity (Wildman–Crippen MR) is 54.3 cm³/mol. The number of hydrogen-bond donors (Lipinski definition) is 1. The number of ether oxygens (including phenoxy) is 1. The molecular formula is C10H12F2N2O2. The lowest BCUT2D eigenvalue weighted by atomic mass is 10.1. The van der Waals surface area contributed by atoms with Crippen LogP contribution in [0.4, 0.5) is 14.6 Å². The van der Waals surface area contributed by atoms with Gasteiger partial charge in [0.1, 0.15) is 11.4 Å². The van der Waals surface area contributed by atoms with Gasteiger partial charge in [0.25, 0.3) is 6.43 Å². The number of esters is 1. The molecule has 0 saturated heterocycles. The number of rotatable bonds is 3. The maximum Gasteiger partial charge on any atom is 0.342 e. The van der Waals surface area contributed by atoms with Crippen molar-refractivity contribution in [1.29, 1.82) is 0 Å². The summed E-state index contributed by atoms with van der Waals surface area (Å²) >= 11 is 0. The first-order chi connectivity index (χ1) is 7.49. The maximum absolute atomic E-state index is 12.6. The van der Waals surface area contributed by atoms with Gasteiger partial charge in [-0.2, -0.15) is 0 Å². The van der Waals surface area contributed by atoms with E-state index in [0.29, 0.717) is 0 Å². The van der Waals surface area contributed by atoms with Crippen LogP contribution < -0.4 is 5.73 Å². The molecule has 0 aliphatic carbocycles. The zero-order chi connectivity index (χ0) is 12.3. The van der Waals surface area contributed by atoms with Gasteiger partial charge in [0.2, 0.25) is 0 Å². The minimum atomic E-state index is -2.69. The van der Waals surface area contributed by atoms with Crippen molar-refractivity contribution < 1.29 is 18.3 Å². The number of alkyl halides is 2. The fraction of sp³-hybridized carbons (Fsp3) is 0.400. The molecule has 4 nitrogen and oxygen atoms in total. The summed E-state index contributed by atoms with van der Waals surface area (Å²) in [7, 11) is 0. The van der Waals surface area contributed by atoms with Gasteiger partial charge in [-0.15, -0.1) is 0 Å². The van der Waals surface area contributed by atoms with Crippen LogP contribution >= 0.6 is 0 Å². The van der Waals surface area contributed by atoms with Gasteiger partial charge in [-0.1, -0.05) is 0 Å². The summed E-state index contributed by atoms with van der Waals surface area (Å²) in [6, 6.07) is 0. The van der Waals surface area contributed by atoms with E-state index in [-0.39, 0.29) is 29.1 Å². The standard InChI is InChI=1S/C10H12F2N2O2/c1-3-16-10(15)7-5(2)6(8(11)12)4-14-9(7)13/h4,8H,3H2,1-2H3,(H2,13,14). The molecule has 0 fully saturated rings. The first-order valence-electron chi connectivity index (χ1n) is 4.69. The van der Waals surface area contributed by atoms with Crippen LogP contribution in [0.3, 0.4) is 0 Å². The number of nitrogen functional groups attached to an aromatic ring is 1. The highest BCUT2D eigenvalue weighted by Crippen LogP contribution is 2.26. The Labute approximate surface area is 91.4 Å². The number of halogens is 2. The number of aromatic nitrogens is 1. The summed E-state index contributed by atoms with van der Waals surface area (Å²) in [5.74, 6) is -0.826. The Bertz CT molecular complexity index is 408. The SMILES string of the molecule is CCOC(=O)c1c(N)ncc(C(F)F)c1C. The second kappa shape index (κ2) is 4.87. The normalized spacial score (nSPS) is 10.6. The van der Waals surface area contributed by atoms with E-state index in [0.717, 1.165) is 6.20 Å². The molecule has 0 aliphatic heterocycles. The summed E-state index contributed by atoms with van der Waals surface area (Å²) in [6.45, 7) is 3.16. The van der Waals surface area contributed by atoms with E-state index in [9.17, 15) is 13.6 Å². The highest BCUT2D eigenvalue weighted by atomic mass is 19.3. The van der Waals surface area contributed by atoms with E-state index in [1.165, 1.54) is 6.92 Å². The minimum absolute atomic E-state index is 0.0837. The van der Waals surface area contributed by atoms with Crippen molar-refractivity contribution in [3.8, 4) is 0 Å². The van der Waals surface area contributed by atoms with Gasteiger partial charge >= 0.3 is 5.97 Å². The van der Waals surface area contributed by atoms with Crippen LogP contribution in [-0.2, 0) is 4.74 Å². The summed E-state index contributed by atoms with van der Waals surface area (Å²) in [5, 5.41) is 0. The molecule has 6 heteroatoms. The molecule has 16 heavy (non-hydrogen) atoms. The van der Waals surface area contributed by atoms with Gasteiger partial charge in [-0.05, 0) is 19.4 Å². The third-order valence-corrected chi connectivity index (χ3v) is 2.12. The Hall–Kier alpha value is -1.72. The zero-order valence-corrected chi connectivity index (χ0v) is 8.96. The Kier molecular flexibility index (Phi) is 3.76. The Morgan fingerprint density at radius 2 is 2.25 bits per heavy atom. The first-order valence-corrected chi connectivity index (χ1v) is 4.69. The molecule has 0 unspecified atom stereocenters. The zero-order valence-electron chi connectivity index (χ0n) is 8.96. The third-order valence-electron chi connectivity index (χ3n) is 2.12. The molecule has 0 atom stereocenters. The summed E-state index contributed by atoms with van der Waals surface area (Å²) in [4.78, 5) is 15.0. The third kappa shape index (κ3) is 2.26. The molecule has 0 saturated carbocycles. The number of anilines is 1. The monoisotopic (exact) mass is 230 g/mol. The van der Waals surface area contributed by atoms with Crippen molar-refractivity contribution >= 4 is 11.8 Å². The van der Waals surface area contributed by atoms with Gasteiger partial charge in [0, 0.05) is 11.8 Å². The van der Waals surface area contributed by atoms with Gasteiger partial charge in [0.15, 0.2) is 0 Å². The van der Waals surface area contributed by atoms with Crippen LogP contribution in [0.15, 0.2) is 6.20 Å². The van der Waals surface area contributed by atoms with Crippen LogP contribution in [0.1, 0.15) is 34.8 Å². The van der Waals surface area contributed by atoms with Crippen molar-refractivity contribution in [3.63, 3.8) is 0 Å². The average molecular weight is 230 g/mol. The van der Waals surface area contributed by atoms with Gasteiger partial charge in [-0.25, -0.2) is 18.6 Å². The fourth-order valence-electron chi connectivity index (χ4n) is 1.32. The molecule has 0 radical (unpaired) electrons. The van der Waals surface area contributed by atoms with Crippen molar-refractivity contribution in [2.24, 2.45) is 0 Å². The number of nitrogens with two attached hydrogens (primary N) is 1. The smallest absolute Gasteiger partial charge is 0.342 e. The molecule has 1 aromatic heterocycles. The van der Waals surface area contributed by atoms with E-state index in [2.05, 4.69) is 4.98 Å². The Morgan fingerprint density at radius 3 is 2.75 bits per heavy atom. The van der Waals surface area contributed by atoms with E-state index in [1.54, 1.807) is 6.92 Å². The molecule has 0 aromatic carbocycles. The predicted octanol–water partition coefficient (Wildman–Crippen LogP) is 2.09. The van der Waals surface area contributed by atoms with Crippen LogP contribution in [0, 0.1) is 6.92 Å².